The molecule has 0 fully saturated rings. The number of amides is 1. The Balaban J connectivity index is 2.36. The van der Waals surface area contributed by atoms with E-state index in [0.29, 0.717) is 0 Å². The first-order valence-corrected chi connectivity index (χ1v) is 9.48. The number of rotatable bonds is 7. The molecule has 1 heterocycles. The summed E-state index contributed by atoms with van der Waals surface area (Å²) in [5, 5.41) is 12.9. The molecule has 0 spiro atoms. The zero-order valence-corrected chi connectivity index (χ0v) is 17.4. The van der Waals surface area contributed by atoms with Gasteiger partial charge in [-0.2, -0.15) is 0 Å². The van der Waals surface area contributed by atoms with Crippen LogP contribution in [0.5, 0.6) is 0 Å². The maximum Gasteiger partial charge on any atom is 0.408 e. The Kier molecular flexibility index (Phi) is 6.89. The van der Waals surface area contributed by atoms with E-state index in [4.69, 9.17) is 9.47 Å². The number of aromatic nitrogens is 1. The third-order valence-electron chi connectivity index (χ3n) is 4.35. The average Bonchev–Trinajstić information content (AvgIpc) is 2.85. The number of alkyl carbamates (subject to hydrolysis) is 1. The highest BCUT2D eigenvalue weighted by molar-refractivity contribution is 5.88. The van der Waals surface area contributed by atoms with Crippen LogP contribution in [0.1, 0.15) is 39.0 Å². The number of fused-ring (bicyclic) bond motifs is 1. The number of benzene rings is 1. The van der Waals surface area contributed by atoms with Gasteiger partial charge in [0, 0.05) is 23.0 Å². The molecule has 8 nitrogen and oxygen atoms in total. The van der Waals surface area contributed by atoms with Crippen molar-refractivity contribution >= 4 is 28.9 Å². The minimum absolute atomic E-state index is 0.0252. The lowest BCUT2D eigenvalue weighted by molar-refractivity contribution is -0.144. The van der Waals surface area contributed by atoms with Crippen LogP contribution in [-0.2, 0) is 32.0 Å². The smallest absolute Gasteiger partial charge is 0.408 e. The minimum Gasteiger partial charge on any atom is -0.480 e. The molecule has 1 amide bonds. The van der Waals surface area contributed by atoms with Crippen molar-refractivity contribution in [3.05, 3.63) is 35.5 Å². The van der Waals surface area contributed by atoms with Crippen molar-refractivity contribution in [1.29, 1.82) is 0 Å². The van der Waals surface area contributed by atoms with Crippen LogP contribution in [0.15, 0.2) is 24.3 Å². The maximum atomic E-state index is 12.1. The summed E-state index contributed by atoms with van der Waals surface area (Å²) >= 11 is 0. The van der Waals surface area contributed by atoms with Gasteiger partial charge in [-0.25, -0.2) is 9.59 Å². The molecule has 1 unspecified atom stereocenters. The average molecular weight is 404 g/mol. The number of hydrogen-bond donors (Lipinski definition) is 2. The Hall–Kier alpha value is -3.03. The summed E-state index contributed by atoms with van der Waals surface area (Å²) in [6, 6.07) is 6.25. The second-order valence-electron chi connectivity index (χ2n) is 7.71. The summed E-state index contributed by atoms with van der Waals surface area (Å²) in [7, 11) is 0. The third kappa shape index (κ3) is 5.73. The summed E-state index contributed by atoms with van der Waals surface area (Å²) in [6.07, 6.45) is -0.741. The lowest BCUT2D eigenvalue weighted by atomic mass is 10.0. The topological polar surface area (TPSA) is 107 Å². The molecule has 0 aliphatic rings. The van der Waals surface area contributed by atoms with Crippen molar-refractivity contribution in [2.45, 2.75) is 59.2 Å². The quantitative estimate of drug-likeness (QED) is 0.687. The number of carboxylic acid groups (broad SMARTS) is 1. The largest absolute Gasteiger partial charge is 0.480 e. The van der Waals surface area contributed by atoms with E-state index in [-0.39, 0.29) is 25.5 Å². The Morgan fingerprint density at radius 3 is 2.45 bits per heavy atom. The number of esters is 1. The number of carbonyl (C=O) groups excluding carboxylic acids is 2. The van der Waals surface area contributed by atoms with E-state index >= 15 is 0 Å². The second kappa shape index (κ2) is 8.98. The molecule has 0 saturated carbocycles. The maximum absolute atomic E-state index is 12.1. The first-order valence-electron chi connectivity index (χ1n) is 9.48. The van der Waals surface area contributed by atoms with Gasteiger partial charge in [0.05, 0.1) is 6.61 Å². The van der Waals surface area contributed by atoms with E-state index in [2.05, 4.69) is 5.32 Å². The predicted molar refractivity (Wildman–Crippen MR) is 108 cm³/mol. The molecule has 1 aromatic heterocycles. The number of nitrogens with one attached hydrogen (secondary N) is 1. The number of ether oxygens (including phenoxy) is 2. The fourth-order valence-electron chi connectivity index (χ4n) is 3.15. The van der Waals surface area contributed by atoms with Crippen LogP contribution in [0, 0.1) is 6.92 Å². The Bertz CT molecular complexity index is 910. The fourth-order valence-corrected chi connectivity index (χ4v) is 3.15. The highest BCUT2D eigenvalue weighted by Crippen LogP contribution is 2.27. The third-order valence-corrected chi connectivity index (χ3v) is 4.35. The number of nitrogens with zero attached hydrogens (tertiary/aromatic N) is 1. The van der Waals surface area contributed by atoms with Crippen molar-refractivity contribution in [3.8, 4) is 0 Å². The van der Waals surface area contributed by atoms with Gasteiger partial charge < -0.3 is 24.5 Å². The van der Waals surface area contributed by atoms with Crippen molar-refractivity contribution in [1.82, 2.24) is 9.88 Å². The van der Waals surface area contributed by atoms with Gasteiger partial charge in [-0.15, -0.1) is 0 Å². The lowest BCUT2D eigenvalue weighted by Crippen LogP contribution is -2.44. The highest BCUT2D eigenvalue weighted by atomic mass is 16.6. The molecular weight excluding hydrogens is 376 g/mol. The lowest BCUT2D eigenvalue weighted by Gasteiger charge is -2.22. The Morgan fingerprint density at radius 2 is 1.86 bits per heavy atom. The molecule has 0 aliphatic heterocycles. The molecule has 0 bridgehead atoms. The van der Waals surface area contributed by atoms with E-state index in [1.807, 2.05) is 31.2 Å². The molecule has 2 N–H and O–H groups in total. The zero-order valence-electron chi connectivity index (χ0n) is 17.4. The molecule has 8 heteroatoms. The van der Waals surface area contributed by atoms with E-state index < -0.39 is 23.7 Å². The van der Waals surface area contributed by atoms with Gasteiger partial charge in [0.1, 0.15) is 18.2 Å². The van der Waals surface area contributed by atoms with Crippen LogP contribution in [0.25, 0.3) is 10.9 Å². The molecule has 1 aromatic carbocycles. The van der Waals surface area contributed by atoms with Crippen LogP contribution in [0.2, 0.25) is 0 Å². The number of para-hydroxylation sites is 1. The van der Waals surface area contributed by atoms with Crippen LogP contribution >= 0.6 is 0 Å². The van der Waals surface area contributed by atoms with Gasteiger partial charge in [0.15, 0.2) is 0 Å². The molecule has 158 valence electrons. The molecular formula is C21H28N2O6. The number of carboxylic acids is 1. The highest BCUT2D eigenvalue weighted by Gasteiger charge is 2.27. The van der Waals surface area contributed by atoms with Crippen molar-refractivity contribution in [2.75, 3.05) is 6.61 Å². The summed E-state index contributed by atoms with van der Waals surface area (Å²) in [4.78, 5) is 35.9. The standard InChI is InChI=1S/C21H28N2O6/c1-6-28-18(24)12-23-13(2)15(14-9-7-8-10-17(14)23)11-16(19(25)26)22-20(27)29-21(3,4)5/h7-10,16H,6,11-12H2,1-5H3,(H,22,27)(H,25,26). The predicted octanol–water partition coefficient (Wildman–Crippen LogP) is 3.03. The fraction of sp³-hybridized carbons (Fsp3) is 0.476. The molecule has 0 radical (unpaired) electrons. The second-order valence-corrected chi connectivity index (χ2v) is 7.71. The minimum atomic E-state index is -1.18. The Morgan fingerprint density at radius 1 is 1.21 bits per heavy atom. The summed E-state index contributed by atoms with van der Waals surface area (Å²) in [6.45, 7) is 8.98. The van der Waals surface area contributed by atoms with Gasteiger partial charge in [0.25, 0.3) is 0 Å². The van der Waals surface area contributed by atoms with E-state index in [1.54, 1.807) is 32.3 Å². The molecule has 0 aliphatic carbocycles. The molecule has 2 aromatic rings. The van der Waals surface area contributed by atoms with Crippen molar-refractivity contribution in [3.63, 3.8) is 0 Å². The SMILES string of the molecule is CCOC(=O)Cn1c(C)c(CC(NC(=O)OC(C)(C)C)C(=O)O)c2ccccc21. The van der Waals surface area contributed by atoms with Gasteiger partial charge in [-0.05, 0) is 46.2 Å². The van der Waals surface area contributed by atoms with Crippen LogP contribution < -0.4 is 5.32 Å². The van der Waals surface area contributed by atoms with Crippen LogP contribution in [-0.4, -0.2) is 46.0 Å². The number of aliphatic carboxylic acids is 1. The van der Waals surface area contributed by atoms with Gasteiger partial charge >= 0.3 is 18.0 Å². The van der Waals surface area contributed by atoms with Gasteiger partial charge in [0.2, 0.25) is 0 Å². The van der Waals surface area contributed by atoms with Crippen molar-refractivity contribution < 1.29 is 29.0 Å². The van der Waals surface area contributed by atoms with Crippen LogP contribution in [0.3, 0.4) is 0 Å². The first-order chi connectivity index (χ1) is 13.5. The zero-order chi connectivity index (χ0) is 21.8. The van der Waals surface area contributed by atoms with Crippen LogP contribution in [0.4, 0.5) is 4.79 Å². The normalized spacial score (nSPS) is 12.4. The van der Waals surface area contributed by atoms with E-state index in [9.17, 15) is 19.5 Å². The molecule has 0 saturated heterocycles. The summed E-state index contributed by atoms with van der Waals surface area (Å²) in [5.41, 5.74) is 1.55. The number of carbonyl (C=O) groups is 3. The van der Waals surface area contributed by atoms with E-state index in [0.717, 1.165) is 22.2 Å². The molecule has 1 atom stereocenters. The summed E-state index contributed by atoms with van der Waals surface area (Å²) in [5.74, 6) is -1.54. The number of hydrogen-bond acceptors (Lipinski definition) is 5. The van der Waals surface area contributed by atoms with Crippen molar-refractivity contribution in [2.24, 2.45) is 0 Å². The monoisotopic (exact) mass is 404 g/mol. The molecule has 29 heavy (non-hydrogen) atoms. The summed E-state index contributed by atoms with van der Waals surface area (Å²) < 4.78 is 12.0. The molecule has 2 rings (SSSR count). The van der Waals surface area contributed by atoms with Gasteiger partial charge in [-0.1, -0.05) is 18.2 Å². The van der Waals surface area contributed by atoms with Gasteiger partial charge in [-0.3, -0.25) is 4.79 Å². The Labute approximate surface area is 169 Å². The first kappa shape index (κ1) is 22.3. The van der Waals surface area contributed by atoms with E-state index in [1.165, 1.54) is 0 Å².